The van der Waals surface area contributed by atoms with Gasteiger partial charge in [-0.05, 0) is 35.9 Å². The van der Waals surface area contributed by atoms with E-state index in [0.717, 1.165) is 5.56 Å². The molecule has 2 aromatic rings. The van der Waals surface area contributed by atoms with Crippen LogP contribution in [0.4, 0.5) is 10.1 Å². The van der Waals surface area contributed by atoms with Crippen LogP contribution in [-0.2, 0) is 11.3 Å². The molecule has 1 aliphatic rings. The zero-order chi connectivity index (χ0) is 15.1. The molecule has 1 heterocycles. The van der Waals surface area contributed by atoms with Crippen LogP contribution in [-0.4, -0.2) is 5.91 Å². The molecule has 0 aliphatic carbocycles. The van der Waals surface area contributed by atoms with E-state index >= 15 is 0 Å². The van der Waals surface area contributed by atoms with E-state index < -0.39 is 11.9 Å². The lowest BCUT2D eigenvalue weighted by atomic mass is 10.1. The highest BCUT2D eigenvalue weighted by Gasteiger charge is 2.35. The molecule has 1 unspecified atom stereocenters. The number of hydrogen-bond donors (Lipinski definition) is 1. The number of amides is 1. The van der Waals surface area contributed by atoms with Crippen molar-refractivity contribution < 1.29 is 9.18 Å². The lowest BCUT2D eigenvalue weighted by molar-refractivity contribution is -0.119. The summed E-state index contributed by atoms with van der Waals surface area (Å²) in [5.41, 5.74) is 7.80. The van der Waals surface area contributed by atoms with Crippen LogP contribution in [0.1, 0.15) is 17.2 Å². The average molecular weight is 362 g/mol. The van der Waals surface area contributed by atoms with Gasteiger partial charge in [-0.25, -0.2) is 4.39 Å². The summed E-state index contributed by atoms with van der Waals surface area (Å²) >= 11 is 11.8. The molecule has 1 amide bonds. The molecule has 1 aliphatic heterocycles. The molecule has 0 aromatic heterocycles. The third-order valence-electron chi connectivity index (χ3n) is 3.47. The van der Waals surface area contributed by atoms with Crippen LogP contribution in [0.5, 0.6) is 0 Å². The summed E-state index contributed by atoms with van der Waals surface area (Å²) in [5.74, 6) is -0.671. The second kappa shape index (κ2) is 6.42. The maximum atomic E-state index is 13.3. The van der Waals surface area contributed by atoms with Crippen LogP contribution in [0.3, 0.4) is 0 Å². The van der Waals surface area contributed by atoms with Crippen molar-refractivity contribution in [2.45, 2.75) is 12.6 Å². The molecule has 3 rings (SSSR count). The Balaban J connectivity index is 0.00000176. The first-order valence-corrected chi connectivity index (χ1v) is 7.03. The zero-order valence-electron chi connectivity index (χ0n) is 11.2. The normalized spacial score (nSPS) is 16.5. The van der Waals surface area contributed by atoms with Gasteiger partial charge >= 0.3 is 0 Å². The number of rotatable bonds is 2. The predicted molar refractivity (Wildman–Crippen MR) is 88.2 cm³/mol. The van der Waals surface area contributed by atoms with Gasteiger partial charge in [0.05, 0.1) is 16.6 Å². The second-order valence-corrected chi connectivity index (χ2v) is 5.67. The lowest BCUT2D eigenvalue weighted by Gasteiger charge is -2.18. The summed E-state index contributed by atoms with van der Waals surface area (Å²) in [4.78, 5) is 13.8. The van der Waals surface area contributed by atoms with Crippen LogP contribution in [0.15, 0.2) is 36.4 Å². The monoisotopic (exact) mass is 360 g/mol. The maximum absolute atomic E-state index is 13.3. The first-order chi connectivity index (χ1) is 9.97. The molecule has 2 aromatic carbocycles. The fourth-order valence-corrected chi connectivity index (χ4v) is 2.74. The van der Waals surface area contributed by atoms with Crippen molar-refractivity contribution >= 4 is 47.2 Å². The molecular formula is C15H12Cl3FN2O. The number of carbonyl (C=O) groups excluding carboxylic acids is 1. The van der Waals surface area contributed by atoms with E-state index in [-0.39, 0.29) is 18.3 Å². The minimum atomic E-state index is -0.835. The highest BCUT2D eigenvalue weighted by atomic mass is 35.5. The van der Waals surface area contributed by atoms with Gasteiger partial charge in [-0.15, -0.1) is 12.4 Å². The van der Waals surface area contributed by atoms with Gasteiger partial charge in [0.1, 0.15) is 11.9 Å². The third-order valence-corrected chi connectivity index (χ3v) is 4.21. The van der Waals surface area contributed by atoms with E-state index in [4.69, 9.17) is 28.9 Å². The molecular weight excluding hydrogens is 350 g/mol. The first-order valence-electron chi connectivity index (χ1n) is 6.27. The molecule has 0 radical (unpaired) electrons. The molecule has 22 heavy (non-hydrogen) atoms. The minimum Gasteiger partial charge on any atom is -0.316 e. The number of benzene rings is 2. The minimum absolute atomic E-state index is 0. The summed E-state index contributed by atoms with van der Waals surface area (Å²) in [7, 11) is 0. The molecule has 116 valence electrons. The van der Waals surface area contributed by atoms with Crippen molar-refractivity contribution in [1.29, 1.82) is 0 Å². The summed E-state index contributed by atoms with van der Waals surface area (Å²) < 4.78 is 13.3. The highest BCUT2D eigenvalue weighted by Crippen LogP contribution is 2.36. The van der Waals surface area contributed by atoms with Gasteiger partial charge in [0.25, 0.3) is 0 Å². The number of halogens is 4. The SMILES string of the molecule is Cl.NC1C(=O)N(Cc2ccc(Cl)c(Cl)c2)c2ccc(F)cc21. The van der Waals surface area contributed by atoms with Crippen LogP contribution in [0.2, 0.25) is 10.0 Å². The van der Waals surface area contributed by atoms with Crippen molar-refractivity contribution in [3.8, 4) is 0 Å². The fraction of sp³-hybridized carbons (Fsp3) is 0.133. The topological polar surface area (TPSA) is 46.3 Å². The fourth-order valence-electron chi connectivity index (χ4n) is 2.42. The van der Waals surface area contributed by atoms with E-state index in [0.29, 0.717) is 27.8 Å². The molecule has 0 fully saturated rings. The summed E-state index contributed by atoms with van der Waals surface area (Å²) in [5, 5.41) is 0.872. The smallest absolute Gasteiger partial charge is 0.248 e. The largest absolute Gasteiger partial charge is 0.316 e. The van der Waals surface area contributed by atoms with Gasteiger partial charge < -0.3 is 10.6 Å². The van der Waals surface area contributed by atoms with Crippen LogP contribution in [0, 0.1) is 5.82 Å². The Morgan fingerprint density at radius 1 is 1.14 bits per heavy atom. The van der Waals surface area contributed by atoms with Crippen molar-refractivity contribution in [3.05, 3.63) is 63.4 Å². The van der Waals surface area contributed by atoms with Crippen LogP contribution in [0.25, 0.3) is 0 Å². The number of fused-ring (bicyclic) bond motifs is 1. The molecule has 0 bridgehead atoms. The Hall–Kier alpha value is -1.33. The van der Waals surface area contributed by atoms with Gasteiger partial charge in [0, 0.05) is 11.3 Å². The number of nitrogens with two attached hydrogens (primary N) is 1. The number of carbonyl (C=O) groups is 1. The molecule has 0 saturated heterocycles. The number of nitrogens with zero attached hydrogens (tertiary/aromatic N) is 1. The molecule has 1 atom stereocenters. The lowest BCUT2D eigenvalue weighted by Crippen LogP contribution is -2.31. The Morgan fingerprint density at radius 2 is 1.86 bits per heavy atom. The standard InChI is InChI=1S/C15H11Cl2FN2O.ClH/c16-11-3-1-8(5-12(11)17)7-20-13-4-2-9(18)6-10(13)14(19)15(20)21;/h1-6,14H,7,19H2;1H. The molecule has 0 spiro atoms. The van der Waals surface area contributed by atoms with Crippen molar-refractivity contribution in [2.75, 3.05) is 4.90 Å². The third kappa shape index (κ3) is 2.92. The highest BCUT2D eigenvalue weighted by molar-refractivity contribution is 6.42. The number of hydrogen-bond acceptors (Lipinski definition) is 2. The van der Waals surface area contributed by atoms with E-state index in [9.17, 15) is 9.18 Å². The Bertz CT molecular complexity index is 739. The van der Waals surface area contributed by atoms with Gasteiger partial charge in [-0.3, -0.25) is 4.79 Å². The van der Waals surface area contributed by atoms with E-state index in [1.54, 1.807) is 24.3 Å². The van der Waals surface area contributed by atoms with Crippen LogP contribution < -0.4 is 10.6 Å². The Labute approximate surface area is 143 Å². The van der Waals surface area contributed by atoms with Gasteiger partial charge in [0.15, 0.2) is 0 Å². The Morgan fingerprint density at radius 3 is 2.55 bits per heavy atom. The summed E-state index contributed by atoms with van der Waals surface area (Å²) in [6.07, 6.45) is 0. The number of anilines is 1. The quantitative estimate of drug-likeness (QED) is 0.875. The molecule has 0 saturated carbocycles. The van der Waals surface area contributed by atoms with Crippen molar-refractivity contribution in [2.24, 2.45) is 5.73 Å². The van der Waals surface area contributed by atoms with E-state index in [1.807, 2.05) is 0 Å². The Kier molecular flexibility index (Phi) is 4.97. The van der Waals surface area contributed by atoms with Gasteiger partial charge in [0.2, 0.25) is 5.91 Å². The van der Waals surface area contributed by atoms with Crippen LogP contribution >= 0.6 is 35.6 Å². The summed E-state index contributed by atoms with van der Waals surface area (Å²) in [6, 6.07) is 8.49. The first kappa shape index (κ1) is 17.0. The van der Waals surface area contributed by atoms with Crippen molar-refractivity contribution in [3.63, 3.8) is 0 Å². The van der Waals surface area contributed by atoms with E-state index in [1.165, 1.54) is 17.0 Å². The molecule has 2 N–H and O–H groups in total. The predicted octanol–water partition coefficient (Wildman–Crippen LogP) is 4.10. The average Bonchev–Trinajstić information content (AvgIpc) is 2.68. The van der Waals surface area contributed by atoms with Crippen molar-refractivity contribution in [1.82, 2.24) is 0 Å². The zero-order valence-corrected chi connectivity index (χ0v) is 13.6. The van der Waals surface area contributed by atoms with Gasteiger partial charge in [-0.2, -0.15) is 0 Å². The summed E-state index contributed by atoms with van der Waals surface area (Å²) in [6.45, 7) is 0.308. The maximum Gasteiger partial charge on any atom is 0.248 e. The second-order valence-electron chi connectivity index (χ2n) is 4.85. The molecule has 7 heteroatoms. The van der Waals surface area contributed by atoms with E-state index in [2.05, 4.69) is 0 Å². The van der Waals surface area contributed by atoms with Gasteiger partial charge in [-0.1, -0.05) is 29.3 Å². The molecule has 3 nitrogen and oxygen atoms in total.